The minimum Gasteiger partial charge on any atom is -0.497 e. The van der Waals surface area contributed by atoms with Gasteiger partial charge in [-0.3, -0.25) is 13.9 Å². The minimum absolute atomic E-state index is 0.0312. The molecule has 0 unspecified atom stereocenters. The summed E-state index contributed by atoms with van der Waals surface area (Å²) in [5, 5.41) is 3.82. The van der Waals surface area contributed by atoms with E-state index in [1.165, 1.54) is 24.1 Å². The van der Waals surface area contributed by atoms with E-state index in [9.17, 15) is 18.0 Å². The van der Waals surface area contributed by atoms with Gasteiger partial charge in [-0.2, -0.15) is 0 Å². The van der Waals surface area contributed by atoms with Crippen LogP contribution in [0.2, 0.25) is 10.0 Å². The van der Waals surface area contributed by atoms with Crippen molar-refractivity contribution in [1.29, 1.82) is 0 Å². The first kappa shape index (κ1) is 32.6. The zero-order valence-corrected chi connectivity index (χ0v) is 26.7. The van der Waals surface area contributed by atoms with Crippen molar-refractivity contribution in [3.05, 3.63) is 88.4 Å². The molecular formula is C32H37Cl2N3O5S. The molecule has 1 saturated carbocycles. The number of hydrogen-bond acceptors (Lipinski definition) is 5. The van der Waals surface area contributed by atoms with E-state index in [1.54, 1.807) is 60.7 Å². The van der Waals surface area contributed by atoms with Gasteiger partial charge in [0.15, 0.2) is 0 Å². The molecule has 0 aromatic heterocycles. The van der Waals surface area contributed by atoms with Crippen molar-refractivity contribution in [2.24, 2.45) is 0 Å². The fraction of sp³-hybridized carbons (Fsp3) is 0.375. The summed E-state index contributed by atoms with van der Waals surface area (Å²) in [6.45, 7) is 1.32. The van der Waals surface area contributed by atoms with E-state index in [2.05, 4.69) is 5.32 Å². The monoisotopic (exact) mass is 645 g/mol. The Kier molecular flexibility index (Phi) is 11.3. The molecule has 1 N–H and O–H groups in total. The summed E-state index contributed by atoms with van der Waals surface area (Å²) in [5.74, 6) is -0.370. The maximum Gasteiger partial charge on any atom is 0.264 e. The molecule has 230 valence electrons. The van der Waals surface area contributed by atoms with Crippen molar-refractivity contribution in [3.63, 3.8) is 0 Å². The van der Waals surface area contributed by atoms with Gasteiger partial charge in [0.2, 0.25) is 11.8 Å². The van der Waals surface area contributed by atoms with Gasteiger partial charge in [-0.05, 0) is 61.2 Å². The molecule has 3 aromatic rings. The highest BCUT2D eigenvalue weighted by atomic mass is 35.5. The van der Waals surface area contributed by atoms with Crippen LogP contribution in [0.3, 0.4) is 0 Å². The lowest BCUT2D eigenvalue weighted by atomic mass is 9.95. The quantitative estimate of drug-likeness (QED) is 0.244. The van der Waals surface area contributed by atoms with Crippen LogP contribution >= 0.6 is 23.2 Å². The van der Waals surface area contributed by atoms with Gasteiger partial charge < -0.3 is 15.0 Å². The molecule has 0 radical (unpaired) electrons. The topological polar surface area (TPSA) is 96.0 Å². The first-order valence-corrected chi connectivity index (χ1v) is 16.6. The van der Waals surface area contributed by atoms with Gasteiger partial charge in [-0.15, -0.1) is 0 Å². The van der Waals surface area contributed by atoms with Crippen molar-refractivity contribution in [2.75, 3.05) is 18.0 Å². The molecule has 2 amide bonds. The Labute approximate surface area is 264 Å². The van der Waals surface area contributed by atoms with E-state index in [0.717, 1.165) is 36.4 Å². The number of benzene rings is 3. The second kappa shape index (κ2) is 14.9. The van der Waals surface area contributed by atoms with Crippen LogP contribution in [0.4, 0.5) is 5.69 Å². The summed E-state index contributed by atoms with van der Waals surface area (Å²) in [6.07, 6.45) is 5.34. The number of hydrogen-bond donors (Lipinski definition) is 1. The summed E-state index contributed by atoms with van der Waals surface area (Å²) in [6, 6.07) is 18.7. The fourth-order valence-corrected chi connectivity index (χ4v) is 7.06. The molecule has 0 spiro atoms. The van der Waals surface area contributed by atoms with E-state index >= 15 is 0 Å². The predicted molar refractivity (Wildman–Crippen MR) is 170 cm³/mol. The van der Waals surface area contributed by atoms with E-state index < -0.39 is 28.5 Å². The average Bonchev–Trinajstić information content (AvgIpc) is 3.02. The van der Waals surface area contributed by atoms with E-state index in [0.29, 0.717) is 27.8 Å². The number of anilines is 1. The van der Waals surface area contributed by atoms with E-state index in [-0.39, 0.29) is 29.1 Å². The highest BCUT2D eigenvalue weighted by Gasteiger charge is 2.34. The van der Waals surface area contributed by atoms with Crippen LogP contribution in [0.15, 0.2) is 77.7 Å². The lowest BCUT2D eigenvalue weighted by Gasteiger charge is -2.34. The Bertz CT molecular complexity index is 1510. The zero-order chi connectivity index (χ0) is 31.0. The van der Waals surface area contributed by atoms with Crippen LogP contribution < -0.4 is 14.4 Å². The summed E-state index contributed by atoms with van der Waals surface area (Å²) >= 11 is 12.4. The first-order valence-electron chi connectivity index (χ1n) is 14.4. The van der Waals surface area contributed by atoms with Crippen LogP contribution in [-0.2, 0) is 26.2 Å². The fourth-order valence-electron chi connectivity index (χ4n) is 5.31. The van der Waals surface area contributed by atoms with Gasteiger partial charge >= 0.3 is 0 Å². The number of carbonyl (C=O) groups excluding carboxylic acids is 2. The summed E-state index contributed by atoms with van der Waals surface area (Å²) < 4.78 is 34.3. The molecule has 11 heteroatoms. The Morgan fingerprint density at radius 2 is 1.67 bits per heavy atom. The van der Waals surface area contributed by atoms with Crippen LogP contribution in [0, 0.1) is 0 Å². The van der Waals surface area contributed by atoms with Crippen LogP contribution in [-0.4, -0.2) is 50.9 Å². The molecule has 0 bridgehead atoms. The number of amides is 2. The summed E-state index contributed by atoms with van der Waals surface area (Å²) in [7, 11) is -2.69. The molecule has 1 fully saturated rings. The van der Waals surface area contributed by atoms with Crippen molar-refractivity contribution in [3.8, 4) is 5.75 Å². The van der Waals surface area contributed by atoms with Gasteiger partial charge in [0, 0.05) is 18.7 Å². The lowest BCUT2D eigenvalue weighted by molar-refractivity contribution is -0.140. The third kappa shape index (κ3) is 8.22. The minimum atomic E-state index is -4.18. The molecule has 4 rings (SSSR count). The Hall–Kier alpha value is -3.27. The number of nitrogens with one attached hydrogen (secondary N) is 1. The first-order chi connectivity index (χ1) is 20.6. The average molecular weight is 647 g/mol. The van der Waals surface area contributed by atoms with Crippen LogP contribution in [0.25, 0.3) is 0 Å². The number of methoxy groups -OCH3 is 1. The number of halogens is 2. The Balaban J connectivity index is 1.72. The second-order valence-electron chi connectivity index (χ2n) is 10.6. The highest BCUT2D eigenvalue weighted by molar-refractivity contribution is 7.92. The molecule has 0 saturated heterocycles. The second-order valence-corrected chi connectivity index (χ2v) is 13.2. The Morgan fingerprint density at radius 3 is 2.33 bits per heavy atom. The van der Waals surface area contributed by atoms with Crippen LogP contribution in [0.1, 0.15) is 51.0 Å². The molecule has 3 aromatic carbocycles. The third-order valence-electron chi connectivity index (χ3n) is 7.63. The van der Waals surface area contributed by atoms with Crippen molar-refractivity contribution in [2.45, 2.75) is 69.0 Å². The maximum absolute atomic E-state index is 14.3. The Morgan fingerprint density at radius 1 is 0.953 bits per heavy atom. The van der Waals surface area contributed by atoms with Gasteiger partial charge in [-0.1, -0.05) is 79.7 Å². The standard InChI is InChI=1S/C32H37Cl2N3O5S/c1-3-30(32(39)35-24-11-6-4-7-12-24)36(21-23-17-18-28(33)29(34)19-23)31(38)22-37(25-13-10-14-26(20-25)42-2)43(40,41)27-15-8-5-9-16-27/h5,8-10,13-20,24,30H,3-4,6-7,11-12,21-22H2,1-2H3,(H,35,39)/t30-/m1/s1. The zero-order valence-electron chi connectivity index (χ0n) is 24.3. The van der Waals surface area contributed by atoms with Crippen molar-refractivity contribution < 1.29 is 22.7 Å². The molecule has 1 atom stereocenters. The van der Waals surface area contributed by atoms with Crippen LogP contribution in [0.5, 0.6) is 5.75 Å². The van der Waals surface area contributed by atoms with Gasteiger partial charge in [0.25, 0.3) is 10.0 Å². The van der Waals surface area contributed by atoms with Gasteiger partial charge in [0.1, 0.15) is 18.3 Å². The SMILES string of the molecule is CC[C@H](C(=O)NC1CCCCC1)N(Cc1ccc(Cl)c(Cl)c1)C(=O)CN(c1cccc(OC)c1)S(=O)(=O)c1ccccc1. The van der Waals surface area contributed by atoms with Crippen molar-refractivity contribution in [1.82, 2.24) is 10.2 Å². The molecular weight excluding hydrogens is 609 g/mol. The molecule has 0 heterocycles. The van der Waals surface area contributed by atoms with E-state index in [4.69, 9.17) is 27.9 Å². The number of sulfonamides is 1. The number of ether oxygens (including phenoxy) is 1. The van der Waals surface area contributed by atoms with E-state index in [1.807, 2.05) is 6.92 Å². The number of carbonyl (C=O) groups is 2. The molecule has 43 heavy (non-hydrogen) atoms. The smallest absolute Gasteiger partial charge is 0.264 e. The summed E-state index contributed by atoms with van der Waals surface area (Å²) in [4.78, 5) is 29.4. The normalized spacial score (nSPS) is 14.5. The molecule has 8 nitrogen and oxygen atoms in total. The molecule has 1 aliphatic rings. The van der Waals surface area contributed by atoms with Gasteiger partial charge in [0.05, 0.1) is 27.7 Å². The van der Waals surface area contributed by atoms with Crippen molar-refractivity contribution >= 4 is 50.7 Å². The largest absolute Gasteiger partial charge is 0.497 e. The third-order valence-corrected chi connectivity index (χ3v) is 10.2. The number of nitrogens with zero attached hydrogens (tertiary/aromatic N) is 2. The number of rotatable bonds is 12. The summed E-state index contributed by atoms with van der Waals surface area (Å²) in [5.41, 5.74) is 0.913. The highest BCUT2D eigenvalue weighted by Crippen LogP contribution is 2.29. The maximum atomic E-state index is 14.3. The molecule has 1 aliphatic carbocycles. The lowest BCUT2D eigenvalue weighted by Crippen LogP contribution is -2.54. The van der Waals surface area contributed by atoms with Gasteiger partial charge in [-0.25, -0.2) is 8.42 Å². The molecule has 0 aliphatic heterocycles. The predicted octanol–water partition coefficient (Wildman–Crippen LogP) is 6.45.